The van der Waals surface area contributed by atoms with Crippen LogP contribution >= 0.6 is 0 Å². The van der Waals surface area contributed by atoms with Crippen LogP contribution in [0.15, 0.2) is 24.3 Å². The van der Waals surface area contributed by atoms with Gasteiger partial charge in [-0.25, -0.2) is 0 Å². The number of aliphatic hydroxyl groups is 2. The van der Waals surface area contributed by atoms with Gasteiger partial charge >= 0.3 is 0 Å². The summed E-state index contributed by atoms with van der Waals surface area (Å²) >= 11 is 0. The lowest BCUT2D eigenvalue weighted by Gasteiger charge is -2.39. The fraction of sp³-hybridized carbons (Fsp3) is 0.750. The predicted octanol–water partition coefficient (Wildman–Crippen LogP) is 9.45. The summed E-state index contributed by atoms with van der Waals surface area (Å²) in [6.07, 6.45) is 24.4. The van der Waals surface area contributed by atoms with E-state index in [1.165, 1.54) is 77.0 Å². The van der Waals surface area contributed by atoms with Gasteiger partial charge in [-0.05, 0) is 137 Å². The summed E-state index contributed by atoms with van der Waals surface area (Å²) in [6.45, 7) is 4.63. The Balaban J connectivity index is 1.06. The fourth-order valence-corrected chi connectivity index (χ4v) is 9.16. The second-order valence-corrected chi connectivity index (χ2v) is 15.0. The molecule has 4 aliphatic carbocycles. The highest BCUT2D eigenvalue weighted by Gasteiger charge is 2.37. The maximum Gasteiger partial charge on any atom is 0.125 e. The van der Waals surface area contributed by atoms with Crippen molar-refractivity contribution < 1.29 is 10.2 Å². The van der Waals surface area contributed by atoms with Crippen molar-refractivity contribution in [2.75, 3.05) is 0 Å². The smallest absolute Gasteiger partial charge is 0.125 e. The third-order valence-corrected chi connectivity index (χ3v) is 12.0. The van der Waals surface area contributed by atoms with Crippen molar-refractivity contribution in [2.24, 2.45) is 35.5 Å². The van der Waals surface area contributed by atoms with E-state index in [1.807, 2.05) is 24.3 Å². The molecule has 0 unspecified atom stereocenters. The first-order valence-electron chi connectivity index (χ1n) is 18.0. The van der Waals surface area contributed by atoms with Crippen molar-refractivity contribution in [2.45, 2.75) is 153 Å². The van der Waals surface area contributed by atoms with Crippen LogP contribution in [0.3, 0.4) is 0 Å². The summed E-state index contributed by atoms with van der Waals surface area (Å²) in [4.78, 5) is 0. The Bertz CT molecular complexity index is 989. The minimum Gasteiger partial charge on any atom is -0.378 e. The summed E-state index contributed by atoms with van der Waals surface area (Å²) in [7, 11) is 0. The molecule has 2 N–H and O–H groups in total. The molecule has 0 atom stereocenters. The minimum absolute atomic E-state index is 0.781. The molecule has 230 valence electrons. The zero-order chi connectivity index (χ0) is 29.4. The van der Waals surface area contributed by atoms with Gasteiger partial charge in [0, 0.05) is 11.1 Å². The topological polar surface area (TPSA) is 40.5 Å². The molecule has 2 nitrogen and oxygen atoms in total. The van der Waals surface area contributed by atoms with E-state index in [2.05, 4.69) is 37.5 Å². The lowest BCUT2D eigenvalue weighted by Crippen LogP contribution is -2.35. The van der Waals surface area contributed by atoms with Crippen molar-refractivity contribution >= 4 is 0 Å². The average molecular weight is 571 g/mol. The van der Waals surface area contributed by atoms with Crippen molar-refractivity contribution in [3.8, 4) is 23.7 Å². The second-order valence-electron chi connectivity index (χ2n) is 15.0. The van der Waals surface area contributed by atoms with Crippen LogP contribution in [-0.4, -0.2) is 21.4 Å². The third kappa shape index (κ3) is 8.67. The SMILES string of the molecule is CCCC1CCC(C2CCC(O)(C#Cc3ccc(C#CC4(O)CCC(C5CCC(CCC)CC5)CC4)cc3)CC2)CC1. The van der Waals surface area contributed by atoms with E-state index in [4.69, 9.17) is 0 Å². The molecule has 4 fully saturated rings. The highest BCUT2D eigenvalue weighted by atomic mass is 16.3. The first kappa shape index (κ1) is 31.7. The molecular weight excluding hydrogens is 512 g/mol. The first-order chi connectivity index (χ1) is 20.4. The molecule has 0 heterocycles. The molecule has 0 spiro atoms. The Hall–Kier alpha value is -1.74. The molecular formula is C40H58O2. The molecule has 0 radical (unpaired) electrons. The molecule has 0 amide bonds. The fourth-order valence-electron chi connectivity index (χ4n) is 9.16. The molecule has 4 aliphatic rings. The van der Waals surface area contributed by atoms with Crippen LogP contribution in [0.2, 0.25) is 0 Å². The van der Waals surface area contributed by atoms with Crippen LogP contribution in [0, 0.1) is 59.2 Å². The van der Waals surface area contributed by atoms with Gasteiger partial charge in [0.1, 0.15) is 11.2 Å². The average Bonchev–Trinajstić information content (AvgIpc) is 3.02. The normalized spacial score (nSPS) is 37.1. The van der Waals surface area contributed by atoms with Crippen molar-refractivity contribution in [1.29, 1.82) is 0 Å². The Labute approximate surface area is 257 Å². The summed E-state index contributed by atoms with van der Waals surface area (Å²) in [5.41, 5.74) is 0.174. The van der Waals surface area contributed by atoms with Gasteiger partial charge in [-0.2, -0.15) is 0 Å². The van der Waals surface area contributed by atoms with Crippen molar-refractivity contribution in [1.82, 2.24) is 0 Å². The van der Waals surface area contributed by atoms with Gasteiger partial charge in [0.15, 0.2) is 0 Å². The molecule has 0 bridgehead atoms. The van der Waals surface area contributed by atoms with Gasteiger partial charge in [0.2, 0.25) is 0 Å². The lowest BCUT2D eigenvalue weighted by molar-refractivity contribution is 0.0253. The van der Waals surface area contributed by atoms with Crippen LogP contribution < -0.4 is 0 Å². The zero-order valence-electron chi connectivity index (χ0n) is 26.8. The second kappa shape index (κ2) is 14.8. The summed E-state index contributed by atoms with van der Waals surface area (Å²) in [5.74, 6) is 18.2. The molecule has 0 saturated heterocycles. The first-order valence-corrected chi connectivity index (χ1v) is 18.0. The minimum atomic E-state index is -0.842. The van der Waals surface area contributed by atoms with Crippen LogP contribution in [0.5, 0.6) is 0 Å². The van der Waals surface area contributed by atoms with E-state index < -0.39 is 11.2 Å². The van der Waals surface area contributed by atoms with Crippen LogP contribution in [-0.2, 0) is 0 Å². The molecule has 0 aromatic heterocycles. The molecule has 1 aromatic carbocycles. The molecule has 2 heteroatoms. The highest BCUT2D eigenvalue weighted by Crippen LogP contribution is 2.44. The quantitative estimate of drug-likeness (QED) is 0.334. The summed E-state index contributed by atoms with van der Waals surface area (Å²) in [5, 5.41) is 22.4. The van der Waals surface area contributed by atoms with Crippen molar-refractivity contribution in [3.63, 3.8) is 0 Å². The summed E-state index contributed by atoms with van der Waals surface area (Å²) < 4.78 is 0. The predicted molar refractivity (Wildman–Crippen MR) is 175 cm³/mol. The molecule has 1 aromatic rings. The Morgan fingerprint density at radius 3 is 1.14 bits per heavy atom. The van der Waals surface area contributed by atoms with E-state index in [0.717, 1.165) is 98.0 Å². The van der Waals surface area contributed by atoms with Crippen LogP contribution in [0.25, 0.3) is 0 Å². The van der Waals surface area contributed by atoms with E-state index in [9.17, 15) is 10.2 Å². The Kier molecular flexibility index (Phi) is 11.2. The van der Waals surface area contributed by atoms with Gasteiger partial charge in [0.05, 0.1) is 0 Å². The van der Waals surface area contributed by atoms with Gasteiger partial charge in [-0.1, -0.05) is 88.9 Å². The zero-order valence-corrected chi connectivity index (χ0v) is 26.8. The highest BCUT2D eigenvalue weighted by molar-refractivity contribution is 5.43. The van der Waals surface area contributed by atoms with Gasteiger partial charge in [0.25, 0.3) is 0 Å². The maximum absolute atomic E-state index is 11.2. The molecule has 42 heavy (non-hydrogen) atoms. The maximum atomic E-state index is 11.2. The number of hydrogen-bond donors (Lipinski definition) is 2. The molecule has 5 rings (SSSR count). The Morgan fingerprint density at radius 2 is 0.833 bits per heavy atom. The molecule has 4 saturated carbocycles. The van der Waals surface area contributed by atoms with Gasteiger partial charge in [-0.3, -0.25) is 0 Å². The van der Waals surface area contributed by atoms with Crippen molar-refractivity contribution in [3.05, 3.63) is 35.4 Å². The van der Waals surface area contributed by atoms with E-state index in [-0.39, 0.29) is 0 Å². The Morgan fingerprint density at radius 1 is 0.524 bits per heavy atom. The number of hydrogen-bond acceptors (Lipinski definition) is 2. The number of benzene rings is 1. The van der Waals surface area contributed by atoms with E-state index in [0.29, 0.717) is 0 Å². The standard InChI is InChI=1S/C40H58O2/c1-3-5-31-11-15-35(16-12-31)37-21-27-39(41,28-22-37)25-19-33-7-9-34(10-8-33)20-26-40(42)29-23-38(24-30-40)36-17-13-32(6-4-2)14-18-36/h7-10,31-32,35-38,41-42H,3-6,11-18,21-24,27-30H2,1-2H3. The van der Waals surface area contributed by atoms with Gasteiger partial charge in [-0.15, -0.1) is 0 Å². The number of rotatable bonds is 6. The monoisotopic (exact) mass is 570 g/mol. The van der Waals surface area contributed by atoms with Gasteiger partial charge < -0.3 is 10.2 Å². The van der Waals surface area contributed by atoms with E-state index in [1.54, 1.807) is 0 Å². The van der Waals surface area contributed by atoms with E-state index >= 15 is 0 Å². The summed E-state index contributed by atoms with van der Waals surface area (Å²) in [6, 6.07) is 8.04. The molecule has 0 aliphatic heterocycles. The third-order valence-electron chi connectivity index (χ3n) is 12.0. The van der Waals surface area contributed by atoms with Crippen LogP contribution in [0.1, 0.15) is 153 Å². The lowest BCUT2D eigenvalue weighted by atomic mass is 9.68. The van der Waals surface area contributed by atoms with Crippen LogP contribution in [0.4, 0.5) is 0 Å². The largest absolute Gasteiger partial charge is 0.378 e.